The van der Waals surface area contributed by atoms with Crippen molar-refractivity contribution in [2.75, 3.05) is 12.3 Å². The maximum absolute atomic E-state index is 12.5. The standard InChI is InChI=1S/C15H24N4O/c1-4-9-18(13-7-5-6-8-13)14(20)10-19-12(3)15(16)11(2)17-19/h4,13H,1,5-10,16H2,2-3H3. The Balaban J connectivity index is 2.11. The molecule has 0 aromatic carbocycles. The average Bonchev–Trinajstić information content (AvgIpc) is 3.02. The number of carbonyl (C=O) groups is 1. The van der Waals surface area contributed by atoms with E-state index in [0.29, 0.717) is 18.3 Å². The van der Waals surface area contributed by atoms with Gasteiger partial charge in [-0.25, -0.2) is 0 Å². The number of anilines is 1. The van der Waals surface area contributed by atoms with Crippen LogP contribution in [0.1, 0.15) is 37.1 Å². The molecule has 0 aliphatic heterocycles. The zero-order valence-corrected chi connectivity index (χ0v) is 12.4. The van der Waals surface area contributed by atoms with Gasteiger partial charge in [-0.3, -0.25) is 9.48 Å². The van der Waals surface area contributed by atoms with Gasteiger partial charge in [-0.05, 0) is 26.7 Å². The van der Waals surface area contributed by atoms with Crippen LogP contribution in [-0.2, 0) is 11.3 Å². The quantitative estimate of drug-likeness (QED) is 0.837. The van der Waals surface area contributed by atoms with Gasteiger partial charge in [0.2, 0.25) is 5.91 Å². The van der Waals surface area contributed by atoms with E-state index in [9.17, 15) is 4.79 Å². The molecule has 1 heterocycles. The lowest BCUT2D eigenvalue weighted by atomic mass is 10.2. The maximum atomic E-state index is 12.5. The Bertz CT molecular complexity index is 500. The summed E-state index contributed by atoms with van der Waals surface area (Å²) in [5.41, 5.74) is 8.23. The Morgan fingerprint density at radius 2 is 2.15 bits per heavy atom. The summed E-state index contributed by atoms with van der Waals surface area (Å²) in [5, 5.41) is 4.34. The van der Waals surface area contributed by atoms with E-state index >= 15 is 0 Å². The highest BCUT2D eigenvalue weighted by molar-refractivity contribution is 5.76. The highest BCUT2D eigenvalue weighted by Gasteiger charge is 2.26. The number of aromatic nitrogens is 2. The van der Waals surface area contributed by atoms with Crippen molar-refractivity contribution in [2.45, 2.75) is 52.1 Å². The Kier molecular flexibility index (Phi) is 4.47. The molecule has 5 nitrogen and oxygen atoms in total. The van der Waals surface area contributed by atoms with Gasteiger partial charge in [-0.2, -0.15) is 5.10 Å². The summed E-state index contributed by atoms with van der Waals surface area (Å²) in [5.74, 6) is 0.0994. The number of amides is 1. The van der Waals surface area contributed by atoms with Crippen LogP contribution in [0.2, 0.25) is 0 Å². The van der Waals surface area contributed by atoms with E-state index in [0.717, 1.165) is 24.2 Å². The van der Waals surface area contributed by atoms with Gasteiger partial charge in [0.15, 0.2) is 0 Å². The summed E-state index contributed by atoms with van der Waals surface area (Å²) in [6.07, 6.45) is 6.40. The molecule has 0 spiro atoms. The summed E-state index contributed by atoms with van der Waals surface area (Å²) in [6, 6.07) is 0.356. The van der Waals surface area contributed by atoms with Crippen LogP contribution in [0.3, 0.4) is 0 Å². The van der Waals surface area contributed by atoms with Crippen LogP contribution in [0.25, 0.3) is 0 Å². The highest BCUT2D eigenvalue weighted by Crippen LogP contribution is 2.24. The summed E-state index contributed by atoms with van der Waals surface area (Å²) < 4.78 is 1.71. The fraction of sp³-hybridized carbons (Fsp3) is 0.600. The van der Waals surface area contributed by atoms with Gasteiger partial charge >= 0.3 is 0 Å². The van der Waals surface area contributed by atoms with Crippen molar-refractivity contribution in [3.63, 3.8) is 0 Å². The first-order chi connectivity index (χ1) is 9.54. The van der Waals surface area contributed by atoms with Crippen LogP contribution < -0.4 is 5.73 Å². The third kappa shape index (κ3) is 2.86. The molecular weight excluding hydrogens is 252 g/mol. The second kappa shape index (κ2) is 6.11. The molecule has 1 fully saturated rings. The second-order valence-electron chi connectivity index (χ2n) is 5.52. The van der Waals surface area contributed by atoms with Crippen molar-refractivity contribution in [2.24, 2.45) is 0 Å². The van der Waals surface area contributed by atoms with Crippen LogP contribution in [-0.4, -0.2) is 33.2 Å². The van der Waals surface area contributed by atoms with E-state index < -0.39 is 0 Å². The predicted molar refractivity (Wildman–Crippen MR) is 80.3 cm³/mol. The van der Waals surface area contributed by atoms with Crippen LogP contribution in [0.5, 0.6) is 0 Å². The first-order valence-electron chi connectivity index (χ1n) is 7.24. The Hall–Kier alpha value is -1.78. The predicted octanol–water partition coefficient (Wildman–Crippen LogP) is 2.04. The van der Waals surface area contributed by atoms with Crippen LogP contribution in [0.4, 0.5) is 5.69 Å². The highest BCUT2D eigenvalue weighted by atomic mass is 16.2. The number of nitrogens with zero attached hydrogens (tertiary/aromatic N) is 3. The molecular formula is C15H24N4O. The fourth-order valence-electron chi connectivity index (χ4n) is 2.89. The second-order valence-corrected chi connectivity index (χ2v) is 5.52. The lowest BCUT2D eigenvalue weighted by molar-refractivity contribution is -0.133. The summed E-state index contributed by atoms with van der Waals surface area (Å²) >= 11 is 0. The largest absolute Gasteiger partial charge is 0.396 e. The number of nitrogens with two attached hydrogens (primary N) is 1. The minimum Gasteiger partial charge on any atom is -0.396 e. The third-order valence-corrected chi connectivity index (χ3v) is 4.13. The molecule has 2 rings (SSSR count). The molecule has 0 bridgehead atoms. The number of hydrogen-bond acceptors (Lipinski definition) is 3. The lowest BCUT2D eigenvalue weighted by Gasteiger charge is -2.28. The van der Waals surface area contributed by atoms with Crippen LogP contribution in [0, 0.1) is 13.8 Å². The van der Waals surface area contributed by atoms with E-state index in [4.69, 9.17) is 5.73 Å². The molecule has 0 atom stereocenters. The minimum absolute atomic E-state index is 0.0994. The molecule has 1 saturated carbocycles. The lowest BCUT2D eigenvalue weighted by Crippen LogP contribution is -2.41. The molecule has 2 N–H and O–H groups in total. The van der Waals surface area contributed by atoms with Crippen molar-refractivity contribution >= 4 is 11.6 Å². The van der Waals surface area contributed by atoms with Crippen molar-refractivity contribution in [3.05, 3.63) is 24.0 Å². The Morgan fingerprint density at radius 3 is 2.65 bits per heavy atom. The van der Waals surface area contributed by atoms with Gasteiger partial charge in [-0.1, -0.05) is 18.9 Å². The van der Waals surface area contributed by atoms with Gasteiger partial charge < -0.3 is 10.6 Å². The molecule has 1 aromatic heterocycles. The van der Waals surface area contributed by atoms with E-state index in [-0.39, 0.29) is 12.5 Å². The van der Waals surface area contributed by atoms with Gasteiger partial charge in [-0.15, -0.1) is 6.58 Å². The minimum atomic E-state index is 0.0994. The van der Waals surface area contributed by atoms with E-state index in [2.05, 4.69) is 11.7 Å². The van der Waals surface area contributed by atoms with Crippen molar-refractivity contribution in [1.29, 1.82) is 0 Å². The molecule has 5 heteroatoms. The van der Waals surface area contributed by atoms with Gasteiger partial charge in [0.25, 0.3) is 0 Å². The molecule has 1 amide bonds. The van der Waals surface area contributed by atoms with E-state index in [1.807, 2.05) is 18.7 Å². The van der Waals surface area contributed by atoms with Crippen LogP contribution in [0.15, 0.2) is 12.7 Å². The maximum Gasteiger partial charge on any atom is 0.244 e. The zero-order valence-electron chi connectivity index (χ0n) is 12.4. The molecule has 110 valence electrons. The van der Waals surface area contributed by atoms with Crippen LogP contribution >= 0.6 is 0 Å². The van der Waals surface area contributed by atoms with Crippen molar-refractivity contribution in [3.8, 4) is 0 Å². The zero-order chi connectivity index (χ0) is 14.7. The molecule has 1 aliphatic carbocycles. The fourth-order valence-corrected chi connectivity index (χ4v) is 2.89. The summed E-state index contributed by atoms with van der Waals surface area (Å²) in [4.78, 5) is 14.5. The molecule has 0 saturated heterocycles. The SMILES string of the molecule is C=CCN(C(=O)Cn1nc(C)c(N)c1C)C1CCCC1. The molecule has 0 radical (unpaired) electrons. The molecule has 0 unspecified atom stereocenters. The Labute approximate surface area is 120 Å². The van der Waals surface area contributed by atoms with Gasteiger partial charge in [0.1, 0.15) is 6.54 Å². The number of carbonyl (C=O) groups excluding carboxylic acids is 1. The molecule has 1 aliphatic rings. The monoisotopic (exact) mass is 276 g/mol. The van der Waals surface area contributed by atoms with E-state index in [1.165, 1.54) is 12.8 Å². The van der Waals surface area contributed by atoms with Crippen molar-refractivity contribution < 1.29 is 4.79 Å². The Morgan fingerprint density at radius 1 is 1.50 bits per heavy atom. The first kappa shape index (κ1) is 14.6. The molecule has 20 heavy (non-hydrogen) atoms. The third-order valence-electron chi connectivity index (χ3n) is 4.13. The van der Waals surface area contributed by atoms with Crippen molar-refractivity contribution in [1.82, 2.24) is 14.7 Å². The van der Waals surface area contributed by atoms with Gasteiger partial charge in [0, 0.05) is 12.6 Å². The summed E-state index contributed by atoms with van der Waals surface area (Å²) in [7, 11) is 0. The number of hydrogen-bond donors (Lipinski definition) is 1. The van der Waals surface area contributed by atoms with Gasteiger partial charge in [0.05, 0.1) is 17.1 Å². The normalized spacial score (nSPS) is 15.5. The average molecular weight is 276 g/mol. The number of nitrogen functional groups attached to an aromatic ring is 1. The first-order valence-corrected chi connectivity index (χ1v) is 7.24. The smallest absolute Gasteiger partial charge is 0.244 e. The topological polar surface area (TPSA) is 64.2 Å². The number of rotatable bonds is 5. The van der Waals surface area contributed by atoms with E-state index in [1.54, 1.807) is 10.8 Å². The number of aryl methyl sites for hydroxylation is 1. The summed E-state index contributed by atoms with van der Waals surface area (Å²) in [6.45, 7) is 8.39. The molecule has 1 aromatic rings.